The highest BCUT2D eigenvalue weighted by molar-refractivity contribution is 5.91. The van der Waals surface area contributed by atoms with Gasteiger partial charge in [0.2, 0.25) is 0 Å². The minimum atomic E-state index is -0.450. The number of benzene rings is 2. The van der Waals surface area contributed by atoms with Crippen LogP contribution in [-0.2, 0) is 4.74 Å². The quantitative estimate of drug-likeness (QED) is 0.185. The van der Waals surface area contributed by atoms with Gasteiger partial charge in [0.05, 0.1) is 5.56 Å². The zero-order valence-electron chi connectivity index (χ0n) is 22.6. The van der Waals surface area contributed by atoms with Gasteiger partial charge in [0.15, 0.2) is 0 Å². The first-order valence-corrected chi connectivity index (χ1v) is 14.6. The van der Waals surface area contributed by atoms with Crippen molar-refractivity contribution < 1.29 is 14.3 Å². The molecule has 2 saturated carbocycles. The van der Waals surface area contributed by atoms with Crippen molar-refractivity contribution in [2.75, 3.05) is 24.7 Å². The van der Waals surface area contributed by atoms with E-state index in [2.05, 4.69) is 19.1 Å². The van der Waals surface area contributed by atoms with Crippen LogP contribution in [0.15, 0.2) is 42.5 Å². The van der Waals surface area contributed by atoms with Gasteiger partial charge in [-0.3, -0.25) is 0 Å². The van der Waals surface area contributed by atoms with E-state index in [1.807, 2.05) is 12.1 Å². The summed E-state index contributed by atoms with van der Waals surface area (Å²) >= 11 is 0. The SMILES string of the molecule is CCCCCC1CCC(C2CCC(c3ccc(OCCOC(=O)c4cc(N)cc(N)c4)cc3)CC2)CC1. The van der Waals surface area contributed by atoms with Crippen LogP contribution in [0, 0.1) is 17.8 Å². The van der Waals surface area contributed by atoms with E-state index in [4.69, 9.17) is 20.9 Å². The maximum absolute atomic E-state index is 12.2. The third kappa shape index (κ3) is 8.15. The van der Waals surface area contributed by atoms with Crippen LogP contribution in [0.5, 0.6) is 5.75 Å². The Morgan fingerprint density at radius 3 is 2.05 bits per heavy atom. The van der Waals surface area contributed by atoms with Crippen LogP contribution in [0.1, 0.15) is 106 Å². The van der Waals surface area contributed by atoms with E-state index in [0.29, 0.717) is 29.5 Å². The van der Waals surface area contributed by atoms with Crippen LogP contribution in [-0.4, -0.2) is 19.2 Å². The number of unbranched alkanes of at least 4 members (excludes halogenated alkanes) is 2. The second-order valence-electron chi connectivity index (χ2n) is 11.3. The lowest BCUT2D eigenvalue weighted by Crippen LogP contribution is -2.25. The second-order valence-corrected chi connectivity index (χ2v) is 11.3. The van der Waals surface area contributed by atoms with Gasteiger partial charge in [-0.15, -0.1) is 0 Å². The largest absolute Gasteiger partial charge is 0.490 e. The first-order chi connectivity index (χ1) is 18.0. The Morgan fingerprint density at radius 1 is 0.811 bits per heavy atom. The van der Waals surface area contributed by atoms with Crippen LogP contribution in [0.4, 0.5) is 11.4 Å². The van der Waals surface area contributed by atoms with Crippen molar-refractivity contribution in [3.63, 3.8) is 0 Å². The predicted molar refractivity (Wildman–Crippen MR) is 152 cm³/mol. The molecule has 5 heteroatoms. The molecule has 0 heterocycles. The van der Waals surface area contributed by atoms with Gasteiger partial charge in [0.1, 0.15) is 19.0 Å². The number of hydrogen-bond acceptors (Lipinski definition) is 5. The Kier molecular flexibility index (Phi) is 10.2. The summed E-state index contributed by atoms with van der Waals surface area (Å²) in [5.74, 6) is 3.95. The normalized spacial score (nSPS) is 23.9. The summed E-state index contributed by atoms with van der Waals surface area (Å²) in [6, 6.07) is 13.2. The standard InChI is InChI=1S/C32H46N2O3/c1-2-3-4-5-23-6-8-24(9-7-23)25-10-12-26(13-11-25)27-14-16-31(17-15-27)36-18-19-37-32(35)28-20-29(33)22-30(34)21-28/h14-17,20-26H,2-13,18-19,33-34H2,1H3. The third-order valence-electron chi connectivity index (χ3n) is 8.70. The summed E-state index contributed by atoms with van der Waals surface area (Å²) in [6.07, 6.45) is 17.0. The van der Waals surface area contributed by atoms with Crippen molar-refractivity contribution in [1.82, 2.24) is 0 Å². The lowest BCUT2D eigenvalue weighted by molar-refractivity contribution is 0.0450. The Labute approximate surface area is 223 Å². The van der Waals surface area contributed by atoms with E-state index in [1.165, 1.54) is 82.6 Å². The molecule has 2 aliphatic carbocycles. The Hall–Kier alpha value is -2.69. The second kappa shape index (κ2) is 13.7. The van der Waals surface area contributed by atoms with Crippen molar-refractivity contribution in [2.24, 2.45) is 17.8 Å². The molecule has 0 radical (unpaired) electrons. The van der Waals surface area contributed by atoms with Gasteiger partial charge < -0.3 is 20.9 Å². The molecule has 4 N–H and O–H groups in total. The predicted octanol–water partition coefficient (Wildman–Crippen LogP) is 7.75. The van der Waals surface area contributed by atoms with Gasteiger partial charge in [-0.05, 0) is 98.1 Å². The highest BCUT2D eigenvalue weighted by Gasteiger charge is 2.31. The van der Waals surface area contributed by atoms with E-state index in [1.54, 1.807) is 18.2 Å². The molecule has 0 saturated heterocycles. The highest BCUT2D eigenvalue weighted by Crippen LogP contribution is 2.44. The van der Waals surface area contributed by atoms with Gasteiger partial charge in [0.25, 0.3) is 0 Å². The number of nitrogen functional groups attached to an aromatic ring is 2. The van der Waals surface area contributed by atoms with Gasteiger partial charge in [0, 0.05) is 11.4 Å². The minimum Gasteiger partial charge on any atom is -0.490 e. The molecular formula is C32H46N2O3. The van der Waals surface area contributed by atoms with Crippen LogP contribution in [0.2, 0.25) is 0 Å². The number of carbonyl (C=O) groups excluding carboxylic acids is 1. The summed E-state index contributed by atoms with van der Waals surface area (Å²) in [5.41, 5.74) is 14.2. The molecule has 2 aromatic carbocycles. The zero-order valence-corrected chi connectivity index (χ0v) is 22.6. The number of hydrogen-bond donors (Lipinski definition) is 2. The molecule has 2 aromatic rings. The van der Waals surface area contributed by atoms with Crippen LogP contribution >= 0.6 is 0 Å². The molecule has 0 aliphatic heterocycles. The fraction of sp³-hybridized carbons (Fsp3) is 0.594. The molecule has 202 valence electrons. The average molecular weight is 507 g/mol. The number of nitrogens with two attached hydrogens (primary N) is 2. The minimum absolute atomic E-state index is 0.167. The number of esters is 1. The number of rotatable bonds is 11. The maximum Gasteiger partial charge on any atom is 0.338 e. The fourth-order valence-electron chi connectivity index (χ4n) is 6.56. The molecule has 4 rings (SSSR count). The van der Waals surface area contributed by atoms with E-state index in [0.717, 1.165) is 23.5 Å². The molecular weight excluding hydrogens is 460 g/mol. The molecule has 0 bridgehead atoms. The summed E-state index contributed by atoms with van der Waals surface area (Å²) in [7, 11) is 0. The first kappa shape index (κ1) is 27.3. The average Bonchev–Trinajstić information content (AvgIpc) is 2.91. The molecule has 0 aromatic heterocycles. The molecule has 5 nitrogen and oxygen atoms in total. The van der Waals surface area contributed by atoms with E-state index in [-0.39, 0.29) is 6.61 Å². The topological polar surface area (TPSA) is 87.6 Å². The monoisotopic (exact) mass is 506 g/mol. The number of ether oxygens (including phenoxy) is 2. The molecule has 37 heavy (non-hydrogen) atoms. The van der Waals surface area contributed by atoms with Gasteiger partial charge in [-0.25, -0.2) is 4.79 Å². The van der Waals surface area contributed by atoms with Gasteiger partial charge in [-0.2, -0.15) is 0 Å². The van der Waals surface area contributed by atoms with Crippen LogP contribution in [0.25, 0.3) is 0 Å². The summed E-state index contributed by atoms with van der Waals surface area (Å²) < 4.78 is 11.1. The molecule has 2 aliphatic rings. The number of anilines is 2. The third-order valence-corrected chi connectivity index (χ3v) is 8.70. The van der Waals surface area contributed by atoms with E-state index < -0.39 is 5.97 Å². The van der Waals surface area contributed by atoms with Crippen molar-refractivity contribution in [1.29, 1.82) is 0 Å². The number of carbonyl (C=O) groups is 1. The molecule has 0 spiro atoms. The molecule has 0 unspecified atom stereocenters. The molecule has 2 fully saturated rings. The van der Waals surface area contributed by atoms with Crippen LogP contribution in [0.3, 0.4) is 0 Å². The Balaban J connectivity index is 1.14. The van der Waals surface area contributed by atoms with E-state index in [9.17, 15) is 4.79 Å². The molecule has 0 atom stereocenters. The molecule has 0 amide bonds. The fourth-order valence-corrected chi connectivity index (χ4v) is 6.56. The Morgan fingerprint density at radius 2 is 1.43 bits per heavy atom. The van der Waals surface area contributed by atoms with E-state index >= 15 is 0 Å². The maximum atomic E-state index is 12.2. The van der Waals surface area contributed by atoms with Gasteiger partial charge >= 0.3 is 5.97 Å². The van der Waals surface area contributed by atoms with Crippen molar-refractivity contribution in [3.05, 3.63) is 53.6 Å². The summed E-state index contributed by atoms with van der Waals surface area (Å²) in [5, 5.41) is 0. The first-order valence-electron chi connectivity index (χ1n) is 14.6. The van der Waals surface area contributed by atoms with Crippen molar-refractivity contribution >= 4 is 17.3 Å². The summed E-state index contributed by atoms with van der Waals surface area (Å²) in [4.78, 5) is 12.2. The lowest BCUT2D eigenvalue weighted by Gasteiger charge is -2.38. The van der Waals surface area contributed by atoms with Gasteiger partial charge in [-0.1, -0.05) is 57.6 Å². The van der Waals surface area contributed by atoms with Crippen molar-refractivity contribution in [3.8, 4) is 5.75 Å². The smallest absolute Gasteiger partial charge is 0.338 e. The van der Waals surface area contributed by atoms with Crippen molar-refractivity contribution in [2.45, 2.75) is 89.9 Å². The zero-order chi connectivity index (χ0) is 26.0. The summed E-state index contributed by atoms with van der Waals surface area (Å²) in [6.45, 7) is 2.77. The lowest BCUT2D eigenvalue weighted by atomic mass is 9.68. The Bertz CT molecular complexity index is 954. The van der Waals surface area contributed by atoms with Crippen LogP contribution < -0.4 is 16.2 Å². The highest BCUT2D eigenvalue weighted by atomic mass is 16.6.